The second-order valence-corrected chi connectivity index (χ2v) is 9.45. The molecule has 4 aliphatic carbocycles. The second-order valence-electron chi connectivity index (χ2n) is 9.45. The van der Waals surface area contributed by atoms with E-state index >= 15 is 0 Å². The van der Waals surface area contributed by atoms with Crippen LogP contribution in [0.25, 0.3) is 0 Å². The van der Waals surface area contributed by atoms with Crippen LogP contribution in [0.3, 0.4) is 0 Å². The van der Waals surface area contributed by atoms with Crippen LogP contribution < -0.4 is 0 Å². The lowest BCUT2D eigenvalue weighted by Gasteiger charge is -2.60. The van der Waals surface area contributed by atoms with Gasteiger partial charge in [0.25, 0.3) is 0 Å². The molecule has 0 aromatic rings. The summed E-state index contributed by atoms with van der Waals surface area (Å²) in [7, 11) is 0. The fourth-order valence-corrected chi connectivity index (χ4v) is 7.35. The molecular formula is C21H30O6. The molecule has 0 saturated heterocycles. The Morgan fingerprint density at radius 2 is 1.96 bits per heavy atom. The maximum Gasteiger partial charge on any atom is 0.190 e. The minimum absolute atomic E-state index is 0.0400. The van der Waals surface area contributed by atoms with Crippen LogP contribution in [0.4, 0.5) is 0 Å². The van der Waals surface area contributed by atoms with Gasteiger partial charge in [0.05, 0.1) is 12.7 Å². The summed E-state index contributed by atoms with van der Waals surface area (Å²) in [5.41, 5.74) is -2.02. The molecule has 27 heavy (non-hydrogen) atoms. The maximum atomic E-state index is 12.4. The largest absolute Gasteiger partial charge is 0.396 e. The van der Waals surface area contributed by atoms with Gasteiger partial charge in [-0.1, -0.05) is 12.5 Å². The van der Waals surface area contributed by atoms with E-state index in [4.69, 9.17) is 0 Å². The van der Waals surface area contributed by atoms with E-state index in [2.05, 4.69) is 6.92 Å². The van der Waals surface area contributed by atoms with Crippen LogP contribution in [-0.4, -0.2) is 56.9 Å². The van der Waals surface area contributed by atoms with Crippen LogP contribution in [0.1, 0.15) is 51.9 Å². The smallest absolute Gasteiger partial charge is 0.190 e. The number of carbonyl (C=O) groups is 2. The molecule has 0 aromatic heterocycles. The van der Waals surface area contributed by atoms with Crippen molar-refractivity contribution in [1.29, 1.82) is 0 Å². The van der Waals surface area contributed by atoms with Gasteiger partial charge < -0.3 is 20.4 Å². The highest BCUT2D eigenvalue weighted by Gasteiger charge is 2.69. The van der Waals surface area contributed by atoms with Crippen LogP contribution >= 0.6 is 0 Å². The zero-order chi connectivity index (χ0) is 19.6. The molecule has 7 atom stereocenters. The fourth-order valence-electron chi connectivity index (χ4n) is 7.35. The summed E-state index contributed by atoms with van der Waals surface area (Å²) in [4.78, 5) is 24.3. The van der Waals surface area contributed by atoms with Gasteiger partial charge in [0, 0.05) is 11.8 Å². The summed E-state index contributed by atoms with van der Waals surface area (Å²) in [6, 6.07) is 0. The molecule has 4 aliphatic rings. The van der Waals surface area contributed by atoms with Crippen molar-refractivity contribution in [1.82, 2.24) is 0 Å². The molecule has 0 bridgehead atoms. The minimum atomic E-state index is -1.79. The molecular weight excluding hydrogens is 348 g/mol. The van der Waals surface area contributed by atoms with Crippen LogP contribution in [0.2, 0.25) is 0 Å². The van der Waals surface area contributed by atoms with Gasteiger partial charge in [-0.05, 0) is 67.8 Å². The molecule has 150 valence electrons. The number of hydrogen-bond donors (Lipinski definition) is 4. The average Bonchev–Trinajstić information content (AvgIpc) is 2.95. The zero-order valence-corrected chi connectivity index (χ0v) is 15.9. The Hall–Kier alpha value is -1.08. The lowest BCUT2D eigenvalue weighted by Crippen LogP contribution is -2.64. The Balaban J connectivity index is 1.76. The molecule has 0 heterocycles. The third-order valence-corrected chi connectivity index (χ3v) is 8.65. The Morgan fingerprint density at radius 3 is 2.63 bits per heavy atom. The van der Waals surface area contributed by atoms with E-state index in [0.29, 0.717) is 19.3 Å². The highest BCUT2D eigenvalue weighted by molar-refractivity contribution is 5.91. The van der Waals surface area contributed by atoms with Crippen molar-refractivity contribution in [3.05, 3.63) is 11.6 Å². The van der Waals surface area contributed by atoms with Crippen molar-refractivity contribution >= 4 is 11.6 Å². The van der Waals surface area contributed by atoms with Gasteiger partial charge in [-0.25, -0.2) is 0 Å². The molecule has 4 N–H and O–H groups in total. The van der Waals surface area contributed by atoms with E-state index in [1.807, 2.05) is 0 Å². The predicted molar refractivity (Wildman–Crippen MR) is 96.6 cm³/mol. The third kappa shape index (κ3) is 2.33. The summed E-state index contributed by atoms with van der Waals surface area (Å²) in [6.07, 6.45) is 4.72. The lowest BCUT2D eigenvalue weighted by atomic mass is 9.45. The van der Waals surface area contributed by atoms with Crippen molar-refractivity contribution in [3.8, 4) is 0 Å². The molecule has 0 spiro atoms. The van der Waals surface area contributed by atoms with Crippen molar-refractivity contribution < 1.29 is 30.0 Å². The molecule has 0 radical (unpaired) electrons. The van der Waals surface area contributed by atoms with Crippen LogP contribution in [-0.2, 0) is 9.59 Å². The number of aliphatic hydroxyl groups excluding tert-OH is 3. The first-order valence-corrected chi connectivity index (χ1v) is 10.1. The van der Waals surface area contributed by atoms with Gasteiger partial charge in [0.2, 0.25) is 0 Å². The topological polar surface area (TPSA) is 115 Å². The van der Waals surface area contributed by atoms with E-state index in [9.17, 15) is 30.0 Å². The monoisotopic (exact) mass is 378 g/mol. The normalized spacial score (nSPS) is 49.1. The molecule has 3 saturated carbocycles. The number of allylic oxidation sites excluding steroid dienone is 1. The van der Waals surface area contributed by atoms with Crippen LogP contribution in [0, 0.1) is 28.6 Å². The second kappa shape index (κ2) is 6.21. The maximum absolute atomic E-state index is 12.4. The number of hydrogen-bond acceptors (Lipinski definition) is 6. The van der Waals surface area contributed by atoms with Gasteiger partial charge in [-0.2, -0.15) is 0 Å². The first-order chi connectivity index (χ1) is 12.7. The summed E-state index contributed by atoms with van der Waals surface area (Å²) >= 11 is 0. The number of Topliss-reactive ketones (excluding diaryl/α,β-unsaturated/α-hetero) is 1. The Kier molecular flexibility index (Phi) is 4.43. The third-order valence-electron chi connectivity index (χ3n) is 8.65. The van der Waals surface area contributed by atoms with Crippen molar-refractivity contribution in [2.75, 3.05) is 13.2 Å². The molecule has 6 nitrogen and oxygen atoms in total. The standard InChI is InChI=1S/C21H30O6/c1-19-6-4-13(24)8-12(19)2-3-14-15-5-7-21(27,17(26)10-22)20(15,11-23)9-16(25)18(14)19/h8,14-16,18,22-23,25,27H,2-7,9-11H2,1H3/t14-,15-,16-,18+,19-,20+,21-/m0/s1. The average molecular weight is 378 g/mol. The van der Waals surface area contributed by atoms with Crippen molar-refractivity contribution in [2.45, 2.75) is 63.6 Å². The van der Waals surface area contributed by atoms with Crippen LogP contribution in [0.5, 0.6) is 0 Å². The summed E-state index contributed by atoms with van der Waals surface area (Å²) < 4.78 is 0. The van der Waals surface area contributed by atoms with Gasteiger partial charge in [0.1, 0.15) is 12.2 Å². The molecule has 0 aliphatic heterocycles. The van der Waals surface area contributed by atoms with Gasteiger partial charge in [0.15, 0.2) is 11.6 Å². The Bertz CT molecular complexity index is 701. The van der Waals surface area contributed by atoms with Gasteiger partial charge in [-0.3, -0.25) is 9.59 Å². The van der Waals surface area contributed by atoms with Crippen molar-refractivity contribution in [2.24, 2.45) is 28.6 Å². The minimum Gasteiger partial charge on any atom is -0.396 e. The first kappa shape index (κ1) is 19.2. The Morgan fingerprint density at radius 1 is 1.22 bits per heavy atom. The van der Waals surface area contributed by atoms with Crippen LogP contribution in [0.15, 0.2) is 11.6 Å². The number of carbonyl (C=O) groups excluding carboxylic acids is 2. The number of aliphatic hydroxyl groups is 4. The van der Waals surface area contributed by atoms with Gasteiger partial charge in [-0.15, -0.1) is 0 Å². The predicted octanol–water partition coefficient (Wildman–Crippen LogP) is 0.754. The molecule has 4 rings (SSSR count). The Labute approximate surface area is 159 Å². The molecule has 6 heteroatoms. The van der Waals surface area contributed by atoms with Gasteiger partial charge >= 0.3 is 0 Å². The highest BCUT2D eigenvalue weighted by atomic mass is 16.3. The molecule has 0 aromatic carbocycles. The highest BCUT2D eigenvalue weighted by Crippen LogP contribution is 2.67. The summed E-state index contributed by atoms with van der Waals surface area (Å²) in [5, 5.41) is 42.1. The molecule has 0 amide bonds. The van der Waals surface area contributed by atoms with Crippen molar-refractivity contribution in [3.63, 3.8) is 0 Å². The molecule has 3 fully saturated rings. The first-order valence-electron chi connectivity index (χ1n) is 10.1. The summed E-state index contributed by atoms with van der Waals surface area (Å²) in [5.74, 6) is -0.540. The SMILES string of the molecule is C[C@]12CCC(=O)C=C1CC[C@@H]1[C@@H]2[C@@H](O)C[C@@]2(CO)[C@H]1CC[C@]2(O)C(=O)CO. The van der Waals surface area contributed by atoms with E-state index in [0.717, 1.165) is 18.4 Å². The fraction of sp³-hybridized carbons (Fsp3) is 0.810. The lowest BCUT2D eigenvalue weighted by molar-refractivity contribution is -0.197. The van der Waals surface area contributed by atoms with E-state index < -0.39 is 29.5 Å². The summed E-state index contributed by atoms with van der Waals surface area (Å²) in [6.45, 7) is 0.997. The zero-order valence-electron chi connectivity index (χ0n) is 15.9. The number of fused-ring (bicyclic) bond motifs is 5. The quantitative estimate of drug-likeness (QED) is 0.576. The van der Waals surface area contributed by atoms with E-state index in [-0.39, 0.29) is 48.4 Å². The van der Waals surface area contributed by atoms with E-state index in [1.165, 1.54) is 0 Å². The molecule has 0 unspecified atom stereocenters. The number of ketones is 2. The van der Waals surface area contributed by atoms with E-state index in [1.54, 1.807) is 6.08 Å². The number of rotatable bonds is 3.